The second kappa shape index (κ2) is 6.76. The first-order valence-electron chi connectivity index (χ1n) is 8.59. The topological polar surface area (TPSA) is 93.4 Å². The fourth-order valence-corrected chi connectivity index (χ4v) is 2.97. The van der Waals surface area contributed by atoms with Crippen LogP contribution in [0.4, 0.5) is 10.1 Å². The first kappa shape index (κ1) is 17.7. The van der Waals surface area contributed by atoms with E-state index in [1.54, 1.807) is 42.3 Å². The molecule has 8 nitrogen and oxygen atoms in total. The van der Waals surface area contributed by atoms with Crippen molar-refractivity contribution in [3.63, 3.8) is 0 Å². The van der Waals surface area contributed by atoms with Crippen molar-refractivity contribution in [1.29, 1.82) is 0 Å². The molecule has 1 amide bonds. The number of anilines is 1. The SMILES string of the molecule is Cc1cc(C)n(-c2ccc(NC(=O)c3cc(-c4cnn(C)c4)n[nH]3)cc2F)n1. The maximum Gasteiger partial charge on any atom is 0.273 e. The van der Waals surface area contributed by atoms with Gasteiger partial charge in [-0.2, -0.15) is 15.3 Å². The third kappa shape index (κ3) is 3.29. The van der Waals surface area contributed by atoms with Crippen molar-refractivity contribution < 1.29 is 9.18 Å². The van der Waals surface area contributed by atoms with Gasteiger partial charge in [0.05, 0.1) is 17.6 Å². The molecule has 0 unspecified atom stereocenters. The Labute approximate surface area is 160 Å². The number of amides is 1. The lowest BCUT2D eigenvalue weighted by Gasteiger charge is -2.09. The Morgan fingerprint density at radius 2 is 2.04 bits per heavy atom. The molecule has 0 saturated heterocycles. The molecule has 0 aliphatic heterocycles. The lowest BCUT2D eigenvalue weighted by Crippen LogP contribution is -2.13. The van der Waals surface area contributed by atoms with Crippen molar-refractivity contribution in [2.45, 2.75) is 13.8 Å². The number of nitrogens with one attached hydrogen (secondary N) is 2. The molecular formula is C19H18FN7O. The average molecular weight is 379 g/mol. The monoisotopic (exact) mass is 379 g/mol. The Bertz CT molecular complexity index is 1170. The van der Waals surface area contributed by atoms with Crippen LogP contribution in [-0.2, 0) is 7.05 Å². The van der Waals surface area contributed by atoms with Gasteiger partial charge in [0.1, 0.15) is 11.4 Å². The lowest BCUT2D eigenvalue weighted by atomic mass is 10.2. The number of halogens is 1. The molecule has 142 valence electrons. The van der Waals surface area contributed by atoms with E-state index in [-0.39, 0.29) is 5.69 Å². The van der Waals surface area contributed by atoms with Gasteiger partial charge in [-0.15, -0.1) is 0 Å². The fourth-order valence-electron chi connectivity index (χ4n) is 2.97. The Balaban J connectivity index is 1.53. The summed E-state index contributed by atoms with van der Waals surface area (Å²) in [6.07, 6.45) is 3.45. The van der Waals surface area contributed by atoms with Crippen molar-refractivity contribution in [3.05, 3.63) is 65.6 Å². The van der Waals surface area contributed by atoms with Crippen LogP contribution in [-0.4, -0.2) is 35.7 Å². The van der Waals surface area contributed by atoms with Gasteiger partial charge in [-0.05, 0) is 44.2 Å². The van der Waals surface area contributed by atoms with Crippen LogP contribution >= 0.6 is 0 Å². The Morgan fingerprint density at radius 1 is 1.21 bits per heavy atom. The normalized spacial score (nSPS) is 11.0. The molecule has 9 heteroatoms. The van der Waals surface area contributed by atoms with E-state index in [0.717, 1.165) is 17.0 Å². The molecular weight excluding hydrogens is 361 g/mol. The molecule has 0 atom stereocenters. The smallest absolute Gasteiger partial charge is 0.273 e. The molecule has 28 heavy (non-hydrogen) atoms. The maximum absolute atomic E-state index is 14.6. The number of nitrogens with zero attached hydrogens (tertiary/aromatic N) is 5. The van der Waals surface area contributed by atoms with Gasteiger partial charge in [-0.3, -0.25) is 14.6 Å². The van der Waals surface area contributed by atoms with E-state index in [9.17, 15) is 9.18 Å². The molecule has 3 heterocycles. The van der Waals surface area contributed by atoms with Gasteiger partial charge in [0, 0.05) is 30.2 Å². The predicted molar refractivity (Wildman–Crippen MR) is 102 cm³/mol. The van der Waals surface area contributed by atoms with Crippen LogP contribution in [0.25, 0.3) is 16.9 Å². The van der Waals surface area contributed by atoms with Gasteiger partial charge in [0.15, 0.2) is 5.82 Å². The number of hydrogen-bond donors (Lipinski definition) is 2. The molecule has 0 aliphatic rings. The van der Waals surface area contributed by atoms with Crippen LogP contribution in [0.2, 0.25) is 0 Å². The summed E-state index contributed by atoms with van der Waals surface area (Å²) < 4.78 is 17.7. The van der Waals surface area contributed by atoms with Gasteiger partial charge in [-0.1, -0.05) is 0 Å². The average Bonchev–Trinajstić information content (AvgIpc) is 3.35. The zero-order chi connectivity index (χ0) is 19.8. The highest BCUT2D eigenvalue weighted by Crippen LogP contribution is 2.21. The Morgan fingerprint density at radius 3 is 2.68 bits per heavy atom. The highest BCUT2D eigenvalue weighted by Gasteiger charge is 2.14. The molecule has 0 spiro atoms. The molecule has 1 aromatic carbocycles. The van der Waals surface area contributed by atoms with Crippen LogP contribution in [0, 0.1) is 19.7 Å². The molecule has 4 rings (SSSR count). The third-order valence-electron chi connectivity index (χ3n) is 4.27. The van der Waals surface area contributed by atoms with E-state index in [4.69, 9.17) is 0 Å². The number of aryl methyl sites for hydroxylation is 3. The lowest BCUT2D eigenvalue weighted by molar-refractivity contribution is 0.102. The molecule has 0 aliphatic carbocycles. The summed E-state index contributed by atoms with van der Waals surface area (Å²) in [6, 6.07) is 7.96. The van der Waals surface area contributed by atoms with Crippen molar-refractivity contribution in [3.8, 4) is 16.9 Å². The third-order valence-corrected chi connectivity index (χ3v) is 4.27. The number of aromatic nitrogens is 6. The number of hydrogen-bond acceptors (Lipinski definition) is 4. The summed E-state index contributed by atoms with van der Waals surface area (Å²) in [4.78, 5) is 12.4. The van der Waals surface area contributed by atoms with E-state index >= 15 is 0 Å². The van der Waals surface area contributed by atoms with Gasteiger partial charge >= 0.3 is 0 Å². The zero-order valence-electron chi connectivity index (χ0n) is 15.6. The summed E-state index contributed by atoms with van der Waals surface area (Å²) in [5.41, 5.74) is 3.95. The fraction of sp³-hybridized carbons (Fsp3) is 0.158. The van der Waals surface area contributed by atoms with Crippen LogP contribution in [0.1, 0.15) is 21.9 Å². The zero-order valence-corrected chi connectivity index (χ0v) is 15.6. The molecule has 2 N–H and O–H groups in total. The second-order valence-electron chi connectivity index (χ2n) is 6.53. The van der Waals surface area contributed by atoms with Crippen LogP contribution in [0.15, 0.2) is 42.7 Å². The first-order valence-corrected chi connectivity index (χ1v) is 8.59. The number of rotatable bonds is 4. The highest BCUT2D eigenvalue weighted by molar-refractivity contribution is 6.03. The number of aromatic amines is 1. The largest absolute Gasteiger partial charge is 0.321 e. The predicted octanol–water partition coefficient (Wildman–Crippen LogP) is 3.00. The minimum absolute atomic E-state index is 0.266. The molecule has 0 radical (unpaired) electrons. The summed E-state index contributed by atoms with van der Waals surface area (Å²) in [6.45, 7) is 3.70. The van der Waals surface area contributed by atoms with E-state index < -0.39 is 11.7 Å². The van der Waals surface area contributed by atoms with Crippen molar-refractivity contribution in [2.24, 2.45) is 7.05 Å². The van der Waals surface area contributed by atoms with E-state index in [1.807, 2.05) is 19.9 Å². The number of carbonyl (C=O) groups excluding carboxylic acids is 1. The Kier molecular flexibility index (Phi) is 4.26. The molecule has 0 fully saturated rings. The quantitative estimate of drug-likeness (QED) is 0.570. The van der Waals surface area contributed by atoms with E-state index in [1.165, 1.54) is 10.7 Å². The Hall–Kier alpha value is -3.75. The first-order chi connectivity index (χ1) is 13.4. The van der Waals surface area contributed by atoms with Gasteiger partial charge < -0.3 is 5.32 Å². The van der Waals surface area contributed by atoms with Crippen molar-refractivity contribution >= 4 is 11.6 Å². The summed E-state index contributed by atoms with van der Waals surface area (Å²) in [7, 11) is 1.80. The van der Waals surface area contributed by atoms with Crippen LogP contribution in [0.3, 0.4) is 0 Å². The molecule has 3 aromatic heterocycles. The van der Waals surface area contributed by atoms with Crippen LogP contribution < -0.4 is 5.32 Å². The van der Waals surface area contributed by atoms with E-state index in [0.29, 0.717) is 17.1 Å². The minimum Gasteiger partial charge on any atom is -0.321 e. The maximum atomic E-state index is 14.6. The van der Waals surface area contributed by atoms with Crippen molar-refractivity contribution in [2.75, 3.05) is 5.32 Å². The van der Waals surface area contributed by atoms with Crippen LogP contribution in [0.5, 0.6) is 0 Å². The standard InChI is InChI=1S/C19H18FN7O/c1-11-6-12(2)27(25-11)18-5-4-14(7-15(18)20)22-19(28)17-8-16(23-24-17)13-9-21-26(3)10-13/h4-10H,1-3H3,(H,22,28)(H,23,24). The van der Waals surface area contributed by atoms with Gasteiger partial charge in [-0.25, -0.2) is 9.07 Å². The summed E-state index contributed by atoms with van der Waals surface area (Å²) >= 11 is 0. The van der Waals surface area contributed by atoms with Gasteiger partial charge in [0.25, 0.3) is 5.91 Å². The molecule has 0 saturated carbocycles. The minimum atomic E-state index is -0.482. The number of benzene rings is 1. The molecule has 4 aromatic rings. The second-order valence-corrected chi connectivity index (χ2v) is 6.53. The highest BCUT2D eigenvalue weighted by atomic mass is 19.1. The molecule has 0 bridgehead atoms. The number of carbonyl (C=O) groups is 1. The van der Waals surface area contributed by atoms with Gasteiger partial charge in [0.2, 0.25) is 0 Å². The number of H-pyrrole nitrogens is 1. The summed E-state index contributed by atoms with van der Waals surface area (Å²) in [5.74, 6) is -0.898. The van der Waals surface area contributed by atoms with Crippen molar-refractivity contribution in [1.82, 2.24) is 29.8 Å². The summed E-state index contributed by atoms with van der Waals surface area (Å²) in [5, 5.41) is 17.8. The van der Waals surface area contributed by atoms with E-state index in [2.05, 4.69) is 25.7 Å².